The highest BCUT2D eigenvalue weighted by Gasteiger charge is 2.28. The predicted molar refractivity (Wildman–Crippen MR) is 74.3 cm³/mol. The summed E-state index contributed by atoms with van der Waals surface area (Å²) < 4.78 is 0. The third-order valence-corrected chi connectivity index (χ3v) is 4.62. The molecule has 1 heterocycles. The Morgan fingerprint density at radius 3 is 2.56 bits per heavy atom. The van der Waals surface area contributed by atoms with E-state index in [4.69, 9.17) is 5.26 Å². The molecule has 102 valence electrons. The van der Waals surface area contributed by atoms with Gasteiger partial charge in [0.2, 0.25) is 0 Å². The largest absolute Gasteiger partial charge is 0.312 e. The monoisotopic (exact) mass is 249 g/mol. The first-order valence-corrected chi connectivity index (χ1v) is 7.67. The average Bonchev–Trinajstić information content (AvgIpc) is 2.71. The SMILES string of the molecule is CC1CCNC(CC#N)CN1C1CCCCCC1. The molecule has 2 unspecified atom stereocenters. The summed E-state index contributed by atoms with van der Waals surface area (Å²) in [6, 6.07) is 4.14. The van der Waals surface area contributed by atoms with Crippen LogP contribution in [-0.2, 0) is 0 Å². The summed E-state index contributed by atoms with van der Waals surface area (Å²) in [5.74, 6) is 0. The van der Waals surface area contributed by atoms with Gasteiger partial charge in [-0.05, 0) is 32.7 Å². The molecular formula is C15H27N3. The number of hydrogen-bond donors (Lipinski definition) is 1. The zero-order valence-corrected chi connectivity index (χ0v) is 11.7. The molecule has 0 radical (unpaired) electrons. The lowest BCUT2D eigenvalue weighted by atomic mass is 10.0. The Labute approximate surface area is 112 Å². The molecule has 3 heteroatoms. The lowest BCUT2D eigenvalue weighted by molar-refractivity contribution is 0.127. The van der Waals surface area contributed by atoms with Crippen molar-refractivity contribution in [1.82, 2.24) is 10.2 Å². The Kier molecular flexibility index (Phi) is 5.46. The van der Waals surface area contributed by atoms with Crippen molar-refractivity contribution in [1.29, 1.82) is 5.26 Å². The van der Waals surface area contributed by atoms with Crippen LogP contribution in [0.4, 0.5) is 0 Å². The van der Waals surface area contributed by atoms with Gasteiger partial charge in [0, 0.05) is 24.7 Å². The Morgan fingerprint density at radius 2 is 1.89 bits per heavy atom. The molecular weight excluding hydrogens is 222 g/mol. The number of nitrogens with one attached hydrogen (secondary N) is 1. The topological polar surface area (TPSA) is 39.1 Å². The first kappa shape index (κ1) is 13.8. The second kappa shape index (κ2) is 7.11. The lowest BCUT2D eigenvalue weighted by Gasteiger charge is -2.36. The van der Waals surface area contributed by atoms with Crippen LogP contribution in [0.5, 0.6) is 0 Å². The molecule has 2 atom stereocenters. The third kappa shape index (κ3) is 3.70. The van der Waals surface area contributed by atoms with Crippen LogP contribution in [0.2, 0.25) is 0 Å². The molecule has 1 N–H and O–H groups in total. The van der Waals surface area contributed by atoms with Crippen molar-refractivity contribution in [3.05, 3.63) is 0 Å². The van der Waals surface area contributed by atoms with E-state index in [-0.39, 0.29) is 0 Å². The minimum absolute atomic E-state index is 0.378. The predicted octanol–water partition coefficient (Wildman–Crippen LogP) is 2.68. The zero-order chi connectivity index (χ0) is 12.8. The molecule has 0 aromatic heterocycles. The summed E-state index contributed by atoms with van der Waals surface area (Å²) in [4.78, 5) is 2.70. The summed E-state index contributed by atoms with van der Waals surface area (Å²) in [5.41, 5.74) is 0. The van der Waals surface area contributed by atoms with E-state index in [1.807, 2.05) is 0 Å². The van der Waals surface area contributed by atoms with Crippen LogP contribution in [0.1, 0.15) is 58.3 Å². The summed E-state index contributed by atoms with van der Waals surface area (Å²) in [6.07, 6.45) is 10.2. The zero-order valence-electron chi connectivity index (χ0n) is 11.7. The Balaban J connectivity index is 1.99. The average molecular weight is 249 g/mol. The standard InChI is InChI=1S/C15H27N3/c1-13-9-11-17-14(8-10-16)12-18(13)15-6-4-2-3-5-7-15/h13-15,17H,2-9,11-12H2,1H3. The lowest BCUT2D eigenvalue weighted by Crippen LogP contribution is -2.45. The summed E-state index contributed by atoms with van der Waals surface area (Å²) >= 11 is 0. The minimum Gasteiger partial charge on any atom is -0.312 e. The fraction of sp³-hybridized carbons (Fsp3) is 0.933. The summed E-state index contributed by atoms with van der Waals surface area (Å²) in [7, 11) is 0. The highest BCUT2D eigenvalue weighted by Crippen LogP contribution is 2.25. The van der Waals surface area contributed by atoms with Gasteiger partial charge in [0.05, 0.1) is 12.5 Å². The molecule has 1 saturated heterocycles. The van der Waals surface area contributed by atoms with Gasteiger partial charge in [0.1, 0.15) is 0 Å². The molecule has 0 aromatic rings. The smallest absolute Gasteiger partial charge is 0.0638 e. The Hall–Kier alpha value is -0.590. The van der Waals surface area contributed by atoms with Gasteiger partial charge in [-0.1, -0.05) is 25.7 Å². The van der Waals surface area contributed by atoms with Gasteiger partial charge in [-0.15, -0.1) is 0 Å². The number of hydrogen-bond acceptors (Lipinski definition) is 3. The molecule has 18 heavy (non-hydrogen) atoms. The maximum atomic E-state index is 8.91. The van der Waals surface area contributed by atoms with E-state index in [9.17, 15) is 0 Å². The van der Waals surface area contributed by atoms with Crippen LogP contribution in [0.25, 0.3) is 0 Å². The van der Waals surface area contributed by atoms with Gasteiger partial charge in [-0.2, -0.15) is 5.26 Å². The van der Waals surface area contributed by atoms with E-state index >= 15 is 0 Å². The third-order valence-electron chi connectivity index (χ3n) is 4.62. The van der Waals surface area contributed by atoms with E-state index in [0.29, 0.717) is 18.5 Å². The van der Waals surface area contributed by atoms with E-state index in [1.54, 1.807) is 0 Å². The highest BCUT2D eigenvalue weighted by molar-refractivity contribution is 4.90. The maximum absolute atomic E-state index is 8.91. The quantitative estimate of drug-likeness (QED) is 0.765. The van der Waals surface area contributed by atoms with Crippen LogP contribution in [0.3, 0.4) is 0 Å². The molecule has 2 fully saturated rings. The van der Waals surface area contributed by atoms with Gasteiger partial charge in [-0.3, -0.25) is 4.90 Å². The maximum Gasteiger partial charge on any atom is 0.0638 e. The van der Waals surface area contributed by atoms with Crippen LogP contribution in [0.15, 0.2) is 0 Å². The van der Waals surface area contributed by atoms with Gasteiger partial charge in [0.25, 0.3) is 0 Å². The Morgan fingerprint density at radius 1 is 1.17 bits per heavy atom. The molecule has 3 nitrogen and oxygen atoms in total. The van der Waals surface area contributed by atoms with Gasteiger partial charge >= 0.3 is 0 Å². The Bertz CT molecular complexity index is 276. The minimum atomic E-state index is 0.378. The summed E-state index contributed by atoms with van der Waals surface area (Å²) in [6.45, 7) is 4.50. The molecule has 0 bridgehead atoms. The van der Waals surface area contributed by atoms with Gasteiger partial charge in [-0.25, -0.2) is 0 Å². The van der Waals surface area contributed by atoms with Crippen LogP contribution in [-0.4, -0.2) is 36.1 Å². The van der Waals surface area contributed by atoms with E-state index in [0.717, 1.165) is 19.1 Å². The molecule has 0 aromatic carbocycles. The second-order valence-corrected chi connectivity index (χ2v) is 5.99. The van der Waals surface area contributed by atoms with E-state index in [1.165, 1.54) is 44.9 Å². The number of rotatable bonds is 2. The number of nitriles is 1. The second-order valence-electron chi connectivity index (χ2n) is 5.99. The van der Waals surface area contributed by atoms with E-state index < -0.39 is 0 Å². The van der Waals surface area contributed by atoms with Gasteiger partial charge < -0.3 is 5.32 Å². The highest BCUT2D eigenvalue weighted by atomic mass is 15.2. The molecule has 1 aliphatic carbocycles. The molecule has 2 rings (SSSR count). The molecule has 1 aliphatic heterocycles. The molecule has 0 spiro atoms. The van der Waals surface area contributed by atoms with Crippen molar-refractivity contribution >= 4 is 0 Å². The summed E-state index contributed by atoms with van der Waals surface area (Å²) in [5, 5.41) is 12.4. The van der Waals surface area contributed by atoms with Crippen molar-refractivity contribution in [2.45, 2.75) is 76.4 Å². The fourth-order valence-electron chi connectivity index (χ4n) is 3.51. The van der Waals surface area contributed by atoms with Crippen LogP contribution < -0.4 is 5.32 Å². The van der Waals surface area contributed by atoms with Crippen molar-refractivity contribution in [3.8, 4) is 6.07 Å². The van der Waals surface area contributed by atoms with Crippen molar-refractivity contribution in [2.75, 3.05) is 13.1 Å². The first-order chi connectivity index (χ1) is 8.81. The molecule has 2 aliphatic rings. The van der Waals surface area contributed by atoms with E-state index in [2.05, 4.69) is 23.2 Å². The van der Waals surface area contributed by atoms with Crippen molar-refractivity contribution in [3.63, 3.8) is 0 Å². The van der Waals surface area contributed by atoms with Crippen LogP contribution in [0, 0.1) is 11.3 Å². The normalized spacial score (nSPS) is 32.4. The fourth-order valence-corrected chi connectivity index (χ4v) is 3.51. The van der Waals surface area contributed by atoms with Crippen molar-refractivity contribution in [2.24, 2.45) is 0 Å². The first-order valence-electron chi connectivity index (χ1n) is 7.67. The molecule has 0 amide bonds. The number of nitrogens with zero attached hydrogens (tertiary/aromatic N) is 2. The van der Waals surface area contributed by atoms with Crippen LogP contribution >= 0.6 is 0 Å². The van der Waals surface area contributed by atoms with Crippen molar-refractivity contribution < 1.29 is 0 Å². The van der Waals surface area contributed by atoms with Gasteiger partial charge in [0.15, 0.2) is 0 Å². The molecule has 1 saturated carbocycles.